The standard InChI is InChI=1S/C25H28N4O2S/c1-3-29-22-9-8-19(26-14-20-12-18-6-4-5-7-23(18)32-20)13-21(22)24(27-29)25(30)28(2)15-17-10-11-31-16-17/h4-7,10-12,16,19,26H,3,8-9,13-15H2,1-2H3/t19-/m1/s1. The Morgan fingerprint density at radius 2 is 2.22 bits per heavy atom. The number of nitrogens with zero attached hydrogens (tertiary/aromatic N) is 3. The first-order valence-electron chi connectivity index (χ1n) is 11.2. The van der Waals surface area contributed by atoms with E-state index in [0.29, 0.717) is 18.3 Å². The van der Waals surface area contributed by atoms with E-state index < -0.39 is 0 Å². The molecule has 0 saturated heterocycles. The number of hydrogen-bond acceptors (Lipinski definition) is 5. The predicted octanol–water partition coefficient (Wildman–Crippen LogP) is 4.63. The van der Waals surface area contributed by atoms with Gasteiger partial charge < -0.3 is 14.6 Å². The van der Waals surface area contributed by atoms with Crippen LogP contribution in [0.15, 0.2) is 53.3 Å². The van der Waals surface area contributed by atoms with Gasteiger partial charge in [-0.1, -0.05) is 18.2 Å². The second-order valence-corrected chi connectivity index (χ2v) is 9.62. The summed E-state index contributed by atoms with van der Waals surface area (Å²) < 4.78 is 8.48. The molecule has 0 radical (unpaired) electrons. The van der Waals surface area contributed by atoms with Crippen molar-refractivity contribution in [2.45, 2.75) is 51.9 Å². The zero-order chi connectivity index (χ0) is 22.1. The van der Waals surface area contributed by atoms with Crippen molar-refractivity contribution in [2.75, 3.05) is 7.05 Å². The highest BCUT2D eigenvalue weighted by atomic mass is 32.1. The average Bonchev–Trinajstić information content (AvgIpc) is 3.54. The summed E-state index contributed by atoms with van der Waals surface area (Å²) >= 11 is 1.85. The van der Waals surface area contributed by atoms with Gasteiger partial charge in [-0.25, -0.2) is 0 Å². The molecule has 7 heteroatoms. The molecule has 0 spiro atoms. The number of carbonyl (C=O) groups is 1. The minimum atomic E-state index is -0.0280. The molecule has 0 fully saturated rings. The summed E-state index contributed by atoms with van der Waals surface area (Å²) in [6.07, 6.45) is 6.15. The van der Waals surface area contributed by atoms with Crippen LogP contribution in [-0.4, -0.2) is 33.7 Å². The molecular formula is C25H28N4O2S. The fourth-order valence-electron chi connectivity index (χ4n) is 4.57. The SMILES string of the molecule is CCn1nc(C(=O)N(C)Cc2ccoc2)c2c1CC[C@@H](NCc1cc3ccccc3s1)C2. The quantitative estimate of drug-likeness (QED) is 0.448. The molecule has 0 unspecified atom stereocenters. The van der Waals surface area contributed by atoms with E-state index in [4.69, 9.17) is 9.52 Å². The number of hydrogen-bond donors (Lipinski definition) is 1. The Balaban J connectivity index is 1.31. The van der Waals surface area contributed by atoms with Crippen LogP contribution in [0.2, 0.25) is 0 Å². The zero-order valence-corrected chi connectivity index (χ0v) is 19.3. The topological polar surface area (TPSA) is 63.3 Å². The predicted molar refractivity (Wildman–Crippen MR) is 127 cm³/mol. The van der Waals surface area contributed by atoms with Crippen LogP contribution in [-0.2, 0) is 32.5 Å². The van der Waals surface area contributed by atoms with E-state index in [0.717, 1.165) is 43.5 Å². The Labute approximate surface area is 191 Å². The van der Waals surface area contributed by atoms with Gasteiger partial charge in [0.2, 0.25) is 0 Å². The van der Waals surface area contributed by atoms with Crippen molar-refractivity contribution in [1.82, 2.24) is 20.0 Å². The van der Waals surface area contributed by atoms with Crippen LogP contribution in [0.4, 0.5) is 0 Å². The first-order chi connectivity index (χ1) is 15.6. The lowest BCUT2D eigenvalue weighted by Crippen LogP contribution is -2.35. The number of rotatable bonds is 7. The van der Waals surface area contributed by atoms with E-state index in [1.165, 1.54) is 20.7 Å². The number of nitrogens with one attached hydrogen (secondary N) is 1. The van der Waals surface area contributed by atoms with Crippen LogP contribution < -0.4 is 5.32 Å². The third kappa shape index (κ3) is 4.10. The van der Waals surface area contributed by atoms with Crippen LogP contribution in [0.25, 0.3) is 10.1 Å². The molecular weight excluding hydrogens is 420 g/mol. The fourth-order valence-corrected chi connectivity index (χ4v) is 5.59. The van der Waals surface area contributed by atoms with Crippen molar-refractivity contribution in [2.24, 2.45) is 0 Å². The monoisotopic (exact) mass is 448 g/mol. The summed E-state index contributed by atoms with van der Waals surface area (Å²) in [7, 11) is 1.83. The highest BCUT2D eigenvalue weighted by molar-refractivity contribution is 7.19. The molecule has 4 aromatic rings. The lowest BCUT2D eigenvalue weighted by molar-refractivity contribution is 0.0777. The molecule has 0 aliphatic heterocycles. The maximum absolute atomic E-state index is 13.3. The number of aryl methyl sites for hydroxylation is 1. The lowest BCUT2D eigenvalue weighted by Gasteiger charge is -2.25. The van der Waals surface area contributed by atoms with E-state index in [9.17, 15) is 4.79 Å². The first-order valence-corrected chi connectivity index (χ1v) is 12.0. The molecule has 1 amide bonds. The molecule has 166 valence electrons. The number of fused-ring (bicyclic) bond motifs is 2. The second-order valence-electron chi connectivity index (χ2n) is 8.45. The maximum Gasteiger partial charge on any atom is 0.274 e. The molecule has 1 atom stereocenters. The van der Waals surface area contributed by atoms with Crippen LogP contribution >= 0.6 is 11.3 Å². The van der Waals surface area contributed by atoms with Crippen LogP contribution in [0, 0.1) is 0 Å². The largest absolute Gasteiger partial charge is 0.472 e. The van der Waals surface area contributed by atoms with Crippen molar-refractivity contribution in [3.8, 4) is 0 Å². The van der Waals surface area contributed by atoms with E-state index in [1.54, 1.807) is 17.4 Å². The van der Waals surface area contributed by atoms with Gasteiger partial charge in [0.15, 0.2) is 5.69 Å². The van der Waals surface area contributed by atoms with E-state index >= 15 is 0 Å². The van der Waals surface area contributed by atoms with Crippen LogP contribution in [0.1, 0.15) is 45.5 Å². The van der Waals surface area contributed by atoms with Gasteiger partial charge in [-0.3, -0.25) is 9.48 Å². The first kappa shape index (κ1) is 21.0. The van der Waals surface area contributed by atoms with Crippen molar-refractivity contribution in [1.29, 1.82) is 0 Å². The smallest absolute Gasteiger partial charge is 0.274 e. The molecule has 1 N–H and O–H groups in total. The molecule has 3 aromatic heterocycles. The lowest BCUT2D eigenvalue weighted by atomic mass is 9.91. The Morgan fingerprint density at radius 1 is 1.34 bits per heavy atom. The van der Waals surface area contributed by atoms with Gasteiger partial charge in [0.1, 0.15) is 0 Å². The molecule has 6 nitrogen and oxygen atoms in total. The molecule has 1 aliphatic carbocycles. The fraction of sp³-hybridized carbons (Fsp3) is 0.360. The average molecular weight is 449 g/mol. The maximum atomic E-state index is 13.3. The van der Waals surface area contributed by atoms with Crippen LogP contribution in [0.3, 0.4) is 0 Å². The van der Waals surface area contributed by atoms with Gasteiger partial charge in [0, 0.05) is 59.1 Å². The summed E-state index contributed by atoms with van der Waals surface area (Å²) in [5.41, 5.74) is 3.90. The van der Waals surface area contributed by atoms with Gasteiger partial charge in [-0.2, -0.15) is 5.10 Å². The van der Waals surface area contributed by atoms with E-state index in [-0.39, 0.29) is 5.91 Å². The molecule has 0 bridgehead atoms. The number of amides is 1. The Morgan fingerprint density at radius 3 is 3.00 bits per heavy atom. The van der Waals surface area contributed by atoms with Crippen LogP contribution in [0.5, 0.6) is 0 Å². The van der Waals surface area contributed by atoms with Gasteiger partial charge in [-0.15, -0.1) is 11.3 Å². The number of furan rings is 1. The van der Waals surface area contributed by atoms with Crippen molar-refractivity contribution >= 4 is 27.3 Å². The van der Waals surface area contributed by atoms with Gasteiger partial charge in [-0.05, 0) is 49.8 Å². The normalized spacial score (nSPS) is 15.8. The van der Waals surface area contributed by atoms with Crippen molar-refractivity contribution in [3.63, 3.8) is 0 Å². The van der Waals surface area contributed by atoms with E-state index in [2.05, 4.69) is 42.6 Å². The number of aromatic nitrogens is 2. The summed E-state index contributed by atoms with van der Waals surface area (Å²) in [6, 6.07) is 13.0. The van der Waals surface area contributed by atoms with Crippen molar-refractivity contribution in [3.05, 3.63) is 76.3 Å². The second kappa shape index (κ2) is 8.92. The summed E-state index contributed by atoms with van der Waals surface area (Å²) in [5.74, 6) is -0.0280. The number of thiophene rings is 1. The van der Waals surface area contributed by atoms with Gasteiger partial charge >= 0.3 is 0 Å². The molecule has 0 saturated carbocycles. The van der Waals surface area contributed by atoms with E-state index in [1.807, 2.05) is 29.1 Å². The molecule has 5 rings (SSSR count). The Hall–Kier alpha value is -2.90. The van der Waals surface area contributed by atoms with Crippen molar-refractivity contribution < 1.29 is 9.21 Å². The summed E-state index contributed by atoms with van der Waals surface area (Å²) in [6.45, 7) is 4.23. The highest BCUT2D eigenvalue weighted by Gasteiger charge is 2.30. The number of benzene rings is 1. The number of carbonyl (C=O) groups excluding carboxylic acids is 1. The summed E-state index contributed by atoms with van der Waals surface area (Å²) in [5, 5.41) is 9.76. The molecule has 32 heavy (non-hydrogen) atoms. The zero-order valence-electron chi connectivity index (χ0n) is 18.5. The summed E-state index contributed by atoms with van der Waals surface area (Å²) in [4.78, 5) is 16.3. The minimum absolute atomic E-state index is 0.0280. The minimum Gasteiger partial charge on any atom is -0.472 e. The molecule has 1 aliphatic rings. The highest BCUT2D eigenvalue weighted by Crippen LogP contribution is 2.28. The Kier molecular flexibility index (Phi) is 5.85. The molecule has 1 aromatic carbocycles. The van der Waals surface area contributed by atoms with Gasteiger partial charge in [0.05, 0.1) is 12.5 Å². The van der Waals surface area contributed by atoms with Gasteiger partial charge in [0.25, 0.3) is 5.91 Å². The third-order valence-electron chi connectivity index (χ3n) is 6.24. The molecule has 3 heterocycles. The Bertz CT molecular complexity index is 1190. The third-order valence-corrected chi connectivity index (χ3v) is 7.35.